The highest BCUT2D eigenvalue weighted by molar-refractivity contribution is 9.11. The number of carbonyl (C=O) groups is 2. The molecular weight excluding hydrogens is 441 g/mol. The average molecular weight is 457 g/mol. The molecule has 1 amide bonds. The van der Waals surface area contributed by atoms with Gasteiger partial charge >= 0.3 is 5.97 Å². The molecule has 26 heavy (non-hydrogen) atoms. The first kappa shape index (κ1) is 20.5. The summed E-state index contributed by atoms with van der Waals surface area (Å²) in [4.78, 5) is 26.2. The van der Waals surface area contributed by atoms with Crippen molar-refractivity contribution in [2.24, 2.45) is 0 Å². The molecule has 0 fully saturated rings. The van der Waals surface area contributed by atoms with Crippen LogP contribution < -0.4 is 0 Å². The van der Waals surface area contributed by atoms with Crippen molar-refractivity contribution in [3.63, 3.8) is 0 Å². The van der Waals surface area contributed by atoms with Gasteiger partial charge in [-0.3, -0.25) is 4.79 Å². The lowest BCUT2D eigenvalue weighted by Gasteiger charge is -2.29. The molecule has 0 saturated carbocycles. The molecular formula is C19H16BrCl2NO3. The Balaban J connectivity index is 2.40. The summed E-state index contributed by atoms with van der Waals surface area (Å²) >= 11 is 15.2. The third kappa shape index (κ3) is 5.34. The minimum Gasteiger partial charge on any atom is -0.480 e. The van der Waals surface area contributed by atoms with E-state index in [1.54, 1.807) is 0 Å². The summed E-state index contributed by atoms with van der Waals surface area (Å²) in [6, 6.07) is 12.5. The molecule has 0 unspecified atom stereocenters. The van der Waals surface area contributed by atoms with Gasteiger partial charge in [0.1, 0.15) is 6.04 Å². The van der Waals surface area contributed by atoms with Crippen molar-refractivity contribution in [3.8, 4) is 0 Å². The van der Waals surface area contributed by atoms with Crippen LogP contribution in [0.2, 0.25) is 10.0 Å². The van der Waals surface area contributed by atoms with Crippen molar-refractivity contribution in [1.82, 2.24) is 4.90 Å². The first-order valence-electron chi connectivity index (χ1n) is 7.65. The minimum atomic E-state index is -1.11. The molecule has 2 aromatic carbocycles. The Labute approximate surface area is 170 Å². The van der Waals surface area contributed by atoms with Crippen molar-refractivity contribution in [3.05, 3.63) is 80.8 Å². The van der Waals surface area contributed by atoms with Crippen LogP contribution in [0.1, 0.15) is 15.9 Å². The highest BCUT2D eigenvalue weighted by Gasteiger charge is 2.31. The fourth-order valence-corrected chi connectivity index (χ4v) is 3.25. The van der Waals surface area contributed by atoms with Gasteiger partial charge in [0.25, 0.3) is 5.91 Å². The quantitative estimate of drug-likeness (QED) is 0.634. The standard InChI is InChI=1S/C19H16BrCl2NO3/c1-12(20)11-23(18(24)15-8-7-14(21)10-16(15)22)17(19(25)26)9-13-5-3-2-4-6-13/h2-8,10,17H,1,9,11H2,(H,25,26)/t17-/m0/s1. The van der Waals surface area contributed by atoms with Crippen LogP contribution >= 0.6 is 39.1 Å². The van der Waals surface area contributed by atoms with E-state index in [9.17, 15) is 14.7 Å². The SMILES string of the molecule is C=C(Br)CN(C(=O)c1ccc(Cl)cc1Cl)[C@@H](Cc1ccccc1)C(=O)O. The second-order valence-corrected chi connectivity index (χ2v) is 7.58. The molecule has 0 saturated heterocycles. The summed E-state index contributed by atoms with van der Waals surface area (Å²) in [6.45, 7) is 3.76. The molecule has 0 radical (unpaired) electrons. The van der Waals surface area contributed by atoms with Crippen molar-refractivity contribution in [1.29, 1.82) is 0 Å². The van der Waals surface area contributed by atoms with Crippen LogP contribution in [-0.4, -0.2) is 34.5 Å². The highest BCUT2D eigenvalue weighted by atomic mass is 79.9. The Morgan fingerprint density at radius 3 is 2.35 bits per heavy atom. The van der Waals surface area contributed by atoms with Gasteiger partial charge < -0.3 is 10.0 Å². The van der Waals surface area contributed by atoms with Crippen LogP contribution in [0, 0.1) is 0 Å². The van der Waals surface area contributed by atoms with E-state index in [-0.39, 0.29) is 23.6 Å². The summed E-state index contributed by atoms with van der Waals surface area (Å²) in [7, 11) is 0. The normalized spacial score (nSPS) is 11.7. The number of hydrogen-bond donors (Lipinski definition) is 1. The van der Waals surface area contributed by atoms with Crippen LogP contribution in [0.3, 0.4) is 0 Å². The number of nitrogens with zero attached hydrogens (tertiary/aromatic N) is 1. The van der Waals surface area contributed by atoms with E-state index in [2.05, 4.69) is 22.5 Å². The van der Waals surface area contributed by atoms with Gasteiger partial charge in [-0.1, -0.05) is 76.0 Å². The summed E-state index contributed by atoms with van der Waals surface area (Å²) in [6.07, 6.45) is 0.160. The number of hydrogen-bond acceptors (Lipinski definition) is 2. The summed E-state index contributed by atoms with van der Waals surface area (Å²) in [5, 5.41) is 10.3. The molecule has 0 heterocycles. The Bertz CT molecular complexity index is 827. The maximum absolute atomic E-state index is 13.0. The zero-order valence-corrected chi connectivity index (χ0v) is 16.8. The fourth-order valence-electron chi connectivity index (χ4n) is 2.49. The molecule has 7 heteroatoms. The molecule has 136 valence electrons. The van der Waals surface area contributed by atoms with E-state index >= 15 is 0 Å². The van der Waals surface area contributed by atoms with Crippen molar-refractivity contribution in [2.45, 2.75) is 12.5 Å². The van der Waals surface area contributed by atoms with E-state index in [4.69, 9.17) is 23.2 Å². The summed E-state index contributed by atoms with van der Waals surface area (Å²) in [5.74, 6) is -1.61. The van der Waals surface area contributed by atoms with Crippen LogP contribution in [0.5, 0.6) is 0 Å². The van der Waals surface area contributed by atoms with Gasteiger partial charge in [0, 0.05) is 15.9 Å². The first-order chi connectivity index (χ1) is 12.3. The Morgan fingerprint density at radius 2 is 1.81 bits per heavy atom. The first-order valence-corrected chi connectivity index (χ1v) is 9.20. The lowest BCUT2D eigenvalue weighted by Crippen LogP contribution is -2.47. The molecule has 2 rings (SSSR count). The van der Waals surface area contributed by atoms with Gasteiger partial charge in [0.15, 0.2) is 0 Å². The number of carboxylic acids is 1. The van der Waals surface area contributed by atoms with Gasteiger partial charge in [0.2, 0.25) is 0 Å². The van der Waals surface area contributed by atoms with Gasteiger partial charge in [-0.25, -0.2) is 4.79 Å². The van der Waals surface area contributed by atoms with Gasteiger partial charge in [-0.05, 0) is 23.8 Å². The summed E-state index contributed by atoms with van der Waals surface area (Å²) < 4.78 is 0.482. The largest absolute Gasteiger partial charge is 0.480 e. The number of amides is 1. The number of benzene rings is 2. The molecule has 4 nitrogen and oxygen atoms in total. The van der Waals surface area contributed by atoms with Crippen LogP contribution in [0.15, 0.2) is 59.6 Å². The molecule has 0 aliphatic heterocycles. The third-order valence-electron chi connectivity index (χ3n) is 3.70. The van der Waals surface area contributed by atoms with Gasteiger partial charge in [-0.2, -0.15) is 0 Å². The molecule has 0 spiro atoms. The van der Waals surface area contributed by atoms with Crippen molar-refractivity contribution < 1.29 is 14.7 Å². The highest BCUT2D eigenvalue weighted by Crippen LogP contribution is 2.24. The topological polar surface area (TPSA) is 57.6 Å². The molecule has 0 aliphatic rings. The zero-order valence-electron chi connectivity index (χ0n) is 13.7. The number of carboxylic acid groups (broad SMARTS) is 1. The van der Waals surface area contributed by atoms with Crippen molar-refractivity contribution in [2.75, 3.05) is 6.54 Å². The smallest absolute Gasteiger partial charge is 0.326 e. The number of aliphatic carboxylic acids is 1. The number of carbonyl (C=O) groups excluding carboxylic acids is 1. The lowest BCUT2D eigenvalue weighted by molar-refractivity contribution is -0.142. The van der Waals surface area contributed by atoms with Crippen molar-refractivity contribution >= 4 is 51.0 Å². The van der Waals surface area contributed by atoms with E-state index < -0.39 is 17.9 Å². The van der Waals surface area contributed by atoms with Crippen LogP contribution in [0.4, 0.5) is 0 Å². The molecule has 1 atom stereocenters. The van der Waals surface area contributed by atoms with E-state index in [1.165, 1.54) is 23.1 Å². The maximum Gasteiger partial charge on any atom is 0.326 e. The predicted octanol–water partition coefficient (Wildman–Crippen LogP) is 5.04. The Hall–Kier alpha value is -1.82. The molecule has 1 N–H and O–H groups in total. The Kier molecular flexibility index (Phi) is 7.26. The predicted molar refractivity (Wildman–Crippen MR) is 107 cm³/mol. The lowest BCUT2D eigenvalue weighted by atomic mass is 10.0. The minimum absolute atomic E-state index is 0.0294. The number of halogens is 3. The second-order valence-electron chi connectivity index (χ2n) is 5.62. The van der Waals surface area contributed by atoms with Crippen LogP contribution in [0.25, 0.3) is 0 Å². The number of rotatable bonds is 7. The molecule has 0 bridgehead atoms. The van der Waals surface area contributed by atoms with Gasteiger partial charge in [-0.15, -0.1) is 0 Å². The molecule has 2 aromatic rings. The van der Waals surface area contributed by atoms with E-state index in [0.717, 1.165) is 5.56 Å². The van der Waals surface area contributed by atoms with Gasteiger partial charge in [0.05, 0.1) is 17.1 Å². The average Bonchev–Trinajstić information content (AvgIpc) is 2.58. The van der Waals surface area contributed by atoms with E-state index in [0.29, 0.717) is 9.51 Å². The Morgan fingerprint density at radius 1 is 1.15 bits per heavy atom. The zero-order chi connectivity index (χ0) is 19.3. The summed E-state index contributed by atoms with van der Waals surface area (Å²) in [5.41, 5.74) is 0.990. The van der Waals surface area contributed by atoms with E-state index in [1.807, 2.05) is 30.3 Å². The molecule has 0 aliphatic carbocycles. The third-order valence-corrected chi connectivity index (χ3v) is 4.50. The second kappa shape index (κ2) is 9.21. The maximum atomic E-state index is 13.0. The molecule has 0 aromatic heterocycles. The monoisotopic (exact) mass is 455 g/mol. The fraction of sp³-hybridized carbons (Fsp3) is 0.158. The van der Waals surface area contributed by atoms with Crippen LogP contribution in [-0.2, 0) is 11.2 Å².